The molecular formula is C22H15ClN2O3S. The van der Waals surface area contributed by atoms with Gasteiger partial charge in [0.1, 0.15) is 5.69 Å². The van der Waals surface area contributed by atoms with Gasteiger partial charge in [-0.15, -0.1) is 11.3 Å². The molecule has 0 bridgehead atoms. The predicted octanol–water partition coefficient (Wildman–Crippen LogP) is 5.44. The van der Waals surface area contributed by atoms with Crippen molar-refractivity contribution in [2.24, 2.45) is 0 Å². The highest BCUT2D eigenvalue weighted by Gasteiger charge is 2.22. The van der Waals surface area contributed by atoms with Crippen LogP contribution in [0.25, 0.3) is 21.5 Å². The second kappa shape index (κ2) is 7.73. The van der Waals surface area contributed by atoms with Gasteiger partial charge in [0.05, 0.1) is 22.8 Å². The van der Waals surface area contributed by atoms with Gasteiger partial charge < -0.3 is 5.11 Å². The minimum absolute atomic E-state index is 0.0577. The van der Waals surface area contributed by atoms with Crippen LogP contribution in [0.4, 0.5) is 0 Å². The van der Waals surface area contributed by atoms with Gasteiger partial charge in [0, 0.05) is 16.3 Å². The second-order valence-electron chi connectivity index (χ2n) is 6.57. The van der Waals surface area contributed by atoms with E-state index >= 15 is 0 Å². The molecule has 144 valence electrons. The molecule has 2 aromatic heterocycles. The van der Waals surface area contributed by atoms with Crippen LogP contribution in [0.5, 0.6) is 0 Å². The molecule has 0 aliphatic carbocycles. The first-order valence-electron chi connectivity index (χ1n) is 8.79. The quantitative estimate of drug-likeness (QED) is 0.433. The lowest BCUT2D eigenvalue weighted by molar-refractivity contribution is 0.0697. The Morgan fingerprint density at radius 1 is 1.14 bits per heavy atom. The zero-order valence-electron chi connectivity index (χ0n) is 15.3. The van der Waals surface area contributed by atoms with E-state index in [4.69, 9.17) is 11.6 Å². The zero-order chi connectivity index (χ0) is 20.5. The number of carboxylic acids is 1. The fourth-order valence-corrected chi connectivity index (χ4v) is 4.34. The van der Waals surface area contributed by atoms with Crippen LogP contribution in [0.2, 0.25) is 5.02 Å². The fourth-order valence-electron chi connectivity index (χ4n) is 3.14. The summed E-state index contributed by atoms with van der Waals surface area (Å²) in [4.78, 5) is 34.1. The summed E-state index contributed by atoms with van der Waals surface area (Å²) in [6.07, 6.45) is 1.38. The standard InChI is InChI=1S/C22H15ClN2O3S/c1-12-3-2-4-16-20(12)25-17(10-24-16)18(26)9-14-11-29-21(19(14)22(27)28)13-5-7-15(23)8-6-13/h2-8,10-11H,9H2,1H3,(H,27,28). The molecule has 0 spiro atoms. The normalized spacial score (nSPS) is 11.0. The maximum absolute atomic E-state index is 12.8. The Morgan fingerprint density at radius 3 is 2.62 bits per heavy atom. The molecule has 0 unspecified atom stereocenters. The highest BCUT2D eigenvalue weighted by Crippen LogP contribution is 2.34. The van der Waals surface area contributed by atoms with Crippen LogP contribution in [0, 0.1) is 6.92 Å². The van der Waals surface area contributed by atoms with E-state index < -0.39 is 5.97 Å². The summed E-state index contributed by atoms with van der Waals surface area (Å²) in [5, 5.41) is 12.0. The molecule has 0 aliphatic heterocycles. The number of para-hydroxylation sites is 1. The van der Waals surface area contributed by atoms with Gasteiger partial charge in [0.25, 0.3) is 0 Å². The predicted molar refractivity (Wildman–Crippen MR) is 114 cm³/mol. The number of ketones is 1. The van der Waals surface area contributed by atoms with E-state index in [9.17, 15) is 14.7 Å². The number of aromatic nitrogens is 2. The molecule has 2 heterocycles. The van der Waals surface area contributed by atoms with Crippen molar-refractivity contribution in [2.75, 3.05) is 0 Å². The minimum atomic E-state index is -1.07. The smallest absolute Gasteiger partial charge is 0.337 e. The Morgan fingerprint density at radius 2 is 1.90 bits per heavy atom. The van der Waals surface area contributed by atoms with E-state index in [1.807, 2.05) is 25.1 Å². The van der Waals surface area contributed by atoms with Crippen molar-refractivity contribution in [1.29, 1.82) is 0 Å². The number of rotatable bonds is 5. The number of carbonyl (C=O) groups excluding carboxylic acids is 1. The number of Topliss-reactive ketones (excluding diaryl/α,β-unsaturated/α-hetero) is 1. The van der Waals surface area contributed by atoms with Crippen molar-refractivity contribution in [3.8, 4) is 10.4 Å². The third-order valence-electron chi connectivity index (χ3n) is 4.60. The van der Waals surface area contributed by atoms with E-state index in [1.165, 1.54) is 17.5 Å². The first-order chi connectivity index (χ1) is 13.9. The second-order valence-corrected chi connectivity index (χ2v) is 7.89. The van der Waals surface area contributed by atoms with Crippen molar-refractivity contribution in [1.82, 2.24) is 9.97 Å². The van der Waals surface area contributed by atoms with Crippen LogP contribution in [0.3, 0.4) is 0 Å². The molecule has 1 N–H and O–H groups in total. The third kappa shape index (κ3) is 3.77. The Kier molecular flexibility index (Phi) is 5.13. The van der Waals surface area contributed by atoms with Crippen LogP contribution < -0.4 is 0 Å². The molecule has 0 amide bonds. The van der Waals surface area contributed by atoms with Crippen molar-refractivity contribution < 1.29 is 14.7 Å². The lowest BCUT2D eigenvalue weighted by Gasteiger charge is -2.05. The van der Waals surface area contributed by atoms with Gasteiger partial charge in [-0.05, 0) is 47.2 Å². The SMILES string of the molecule is Cc1cccc2ncc(C(=O)Cc3csc(-c4ccc(Cl)cc4)c3C(=O)O)nc12. The van der Waals surface area contributed by atoms with Crippen LogP contribution >= 0.6 is 22.9 Å². The molecule has 7 heteroatoms. The number of aromatic carboxylic acids is 1. The maximum atomic E-state index is 12.8. The zero-order valence-corrected chi connectivity index (χ0v) is 16.9. The monoisotopic (exact) mass is 422 g/mol. The highest BCUT2D eigenvalue weighted by molar-refractivity contribution is 7.14. The van der Waals surface area contributed by atoms with Gasteiger partial charge in [0.2, 0.25) is 0 Å². The number of aryl methyl sites for hydroxylation is 1. The van der Waals surface area contributed by atoms with Crippen LogP contribution in [0.1, 0.15) is 32.0 Å². The van der Waals surface area contributed by atoms with Crippen molar-refractivity contribution in [3.63, 3.8) is 0 Å². The number of carboxylic acid groups (broad SMARTS) is 1. The first-order valence-corrected chi connectivity index (χ1v) is 10.0. The topological polar surface area (TPSA) is 80.2 Å². The molecule has 0 saturated heterocycles. The summed E-state index contributed by atoms with van der Waals surface area (Å²) in [6.45, 7) is 1.91. The van der Waals surface area contributed by atoms with Crippen LogP contribution in [-0.2, 0) is 6.42 Å². The summed E-state index contributed by atoms with van der Waals surface area (Å²) in [7, 11) is 0. The molecule has 4 aromatic rings. The lowest BCUT2D eigenvalue weighted by atomic mass is 10.0. The van der Waals surface area contributed by atoms with Crippen LogP contribution in [-0.4, -0.2) is 26.8 Å². The first kappa shape index (κ1) is 19.2. The average molecular weight is 423 g/mol. The molecule has 0 fully saturated rings. The molecule has 29 heavy (non-hydrogen) atoms. The van der Waals surface area contributed by atoms with E-state index in [0.717, 1.165) is 11.1 Å². The number of hydrogen-bond donors (Lipinski definition) is 1. The van der Waals surface area contributed by atoms with Gasteiger partial charge in [-0.1, -0.05) is 35.9 Å². The van der Waals surface area contributed by atoms with E-state index in [0.29, 0.717) is 26.5 Å². The van der Waals surface area contributed by atoms with Gasteiger partial charge >= 0.3 is 5.97 Å². The maximum Gasteiger partial charge on any atom is 0.337 e. The lowest BCUT2D eigenvalue weighted by Crippen LogP contribution is -2.10. The molecule has 0 atom stereocenters. The number of halogens is 1. The average Bonchev–Trinajstić information content (AvgIpc) is 3.12. The van der Waals surface area contributed by atoms with Crippen molar-refractivity contribution in [3.05, 3.63) is 81.4 Å². The molecule has 4 rings (SSSR count). The largest absolute Gasteiger partial charge is 0.478 e. The van der Waals surface area contributed by atoms with Crippen LogP contribution in [0.15, 0.2) is 54.0 Å². The Labute approximate surface area is 175 Å². The number of hydrogen-bond acceptors (Lipinski definition) is 5. The molecule has 2 aromatic carbocycles. The van der Waals surface area contributed by atoms with Gasteiger partial charge in [-0.3, -0.25) is 9.78 Å². The van der Waals surface area contributed by atoms with Gasteiger partial charge in [-0.25, -0.2) is 9.78 Å². The number of fused-ring (bicyclic) bond motifs is 1. The number of carbonyl (C=O) groups is 2. The molecule has 5 nitrogen and oxygen atoms in total. The molecular weight excluding hydrogens is 408 g/mol. The Hall–Kier alpha value is -3.09. The Balaban J connectivity index is 1.69. The van der Waals surface area contributed by atoms with Crippen molar-refractivity contribution >= 4 is 45.7 Å². The summed E-state index contributed by atoms with van der Waals surface area (Å²) in [6, 6.07) is 12.6. The summed E-state index contributed by atoms with van der Waals surface area (Å²) < 4.78 is 0. The van der Waals surface area contributed by atoms with E-state index in [-0.39, 0.29) is 23.5 Å². The molecule has 0 aliphatic rings. The van der Waals surface area contributed by atoms with Gasteiger partial charge in [0.15, 0.2) is 5.78 Å². The fraction of sp³-hybridized carbons (Fsp3) is 0.0909. The summed E-state index contributed by atoms with van der Waals surface area (Å²) in [5.74, 6) is -1.34. The number of thiophene rings is 1. The Bertz CT molecular complexity index is 1250. The molecule has 0 radical (unpaired) electrons. The van der Waals surface area contributed by atoms with Gasteiger partial charge in [-0.2, -0.15) is 0 Å². The minimum Gasteiger partial charge on any atom is -0.478 e. The number of nitrogens with zero attached hydrogens (tertiary/aromatic N) is 2. The third-order valence-corrected chi connectivity index (χ3v) is 5.93. The summed E-state index contributed by atoms with van der Waals surface area (Å²) >= 11 is 7.22. The van der Waals surface area contributed by atoms with E-state index in [2.05, 4.69) is 9.97 Å². The number of benzene rings is 2. The van der Waals surface area contributed by atoms with E-state index in [1.54, 1.807) is 29.6 Å². The summed E-state index contributed by atoms with van der Waals surface area (Å²) in [5.41, 5.74) is 3.88. The molecule has 0 saturated carbocycles. The highest BCUT2D eigenvalue weighted by atomic mass is 35.5. The van der Waals surface area contributed by atoms with Crippen molar-refractivity contribution in [2.45, 2.75) is 13.3 Å².